The van der Waals surface area contributed by atoms with Crippen molar-refractivity contribution in [3.05, 3.63) is 77.1 Å². The van der Waals surface area contributed by atoms with E-state index in [2.05, 4.69) is 15.3 Å². The van der Waals surface area contributed by atoms with Gasteiger partial charge in [-0.25, -0.2) is 4.98 Å². The van der Waals surface area contributed by atoms with Gasteiger partial charge in [-0.05, 0) is 50.8 Å². The van der Waals surface area contributed by atoms with Gasteiger partial charge in [0.25, 0.3) is 11.6 Å². The van der Waals surface area contributed by atoms with E-state index in [1.807, 2.05) is 68.5 Å². The second-order valence-corrected chi connectivity index (χ2v) is 8.02. The summed E-state index contributed by atoms with van der Waals surface area (Å²) in [5, 5.41) is 3.19. The lowest BCUT2D eigenvalue weighted by Gasteiger charge is -2.12. The predicted octanol–water partition coefficient (Wildman–Crippen LogP) is 4.19. The molecule has 0 amide bonds. The molecule has 0 bridgehead atoms. The van der Waals surface area contributed by atoms with Crippen LogP contribution in [0.4, 0.5) is 11.7 Å². The molecule has 3 heterocycles. The summed E-state index contributed by atoms with van der Waals surface area (Å²) in [5.74, 6) is 1.29. The minimum atomic E-state index is -0.0493. The Kier molecular flexibility index (Phi) is 6.55. The molecule has 0 spiro atoms. The Bertz CT molecular complexity index is 1310. The molecule has 0 aliphatic rings. The van der Waals surface area contributed by atoms with Crippen LogP contribution in [0.15, 0.2) is 70.4 Å². The van der Waals surface area contributed by atoms with Crippen LogP contribution in [0.1, 0.15) is 5.56 Å². The van der Waals surface area contributed by atoms with Gasteiger partial charge >= 0.3 is 0 Å². The number of rotatable bonds is 8. The van der Waals surface area contributed by atoms with Gasteiger partial charge < -0.3 is 23.9 Å². The van der Waals surface area contributed by atoms with Crippen LogP contribution in [-0.2, 0) is 6.54 Å². The molecule has 1 N–H and O–H groups in total. The van der Waals surface area contributed by atoms with Crippen molar-refractivity contribution in [2.75, 3.05) is 33.1 Å². The largest absolute Gasteiger partial charge is 0.497 e. The molecule has 1 aromatic carbocycles. The van der Waals surface area contributed by atoms with Gasteiger partial charge in [0, 0.05) is 60.1 Å². The van der Waals surface area contributed by atoms with Crippen molar-refractivity contribution in [1.29, 1.82) is 0 Å². The predicted molar refractivity (Wildman–Crippen MR) is 129 cm³/mol. The molecule has 0 saturated carbocycles. The first-order valence-corrected chi connectivity index (χ1v) is 10.6. The van der Waals surface area contributed by atoms with Crippen LogP contribution < -0.4 is 15.6 Å². The molecule has 0 aliphatic heterocycles. The highest BCUT2D eigenvalue weighted by Gasteiger charge is 2.12. The molecule has 0 unspecified atom stereocenters. The number of methoxy groups -OCH3 is 1. The van der Waals surface area contributed by atoms with Crippen LogP contribution in [0.2, 0.25) is 0 Å². The molecular formula is C25H27N5O3. The molecule has 0 atom stereocenters. The van der Waals surface area contributed by atoms with Gasteiger partial charge in [0.05, 0.1) is 13.3 Å². The Balaban J connectivity index is 1.59. The molecule has 0 radical (unpaired) electrons. The maximum absolute atomic E-state index is 13.0. The number of nitrogens with zero attached hydrogens (tertiary/aromatic N) is 4. The Morgan fingerprint density at radius 2 is 1.94 bits per heavy atom. The Labute approximate surface area is 192 Å². The first kappa shape index (κ1) is 22.3. The number of likely N-dealkylation sites (N-methyl/N-ethyl adjacent to an activating group) is 1. The van der Waals surface area contributed by atoms with Crippen molar-refractivity contribution in [3.63, 3.8) is 0 Å². The number of nitrogens with one attached hydrogen (secondary N) is 1. The molecule has 8 heteroatoms. The molecule has 0 aliphatic carbocycles. The van der Waals surface area contributed by atoms with Crippen LogP contribution in [0.3, 0.4) is 0 Å². The van der Waals surface area contributed by atoms with Gasteiger partial charge in [-0.1, -0.05) is 6.07 Å². The van der Waals surface area contributed by atoms with E-state index in [9.17, 15) is 4.79 Å². The van der Waals surface area contributed by atoms with E-state index < -0.39 is 0 Å². The first-order chi connectivity index (χ1) is 15.9. The molecular weight excluding hydrogens is 418 g/mol. The molecule has 0 saturated heterocycles. The maximum atomic E-state index is 13.0. The lowest BCUT2D eigenvalue weighted by Crippen LogP contribution is -2.26. The molecule has 4 aromatic rings. The highest BCUT2D eigenvalue weighted by Crippen LogP contribution is 2.29. The standard InChI is InChI=1S/C25H27N5O3/c1-17-7-8-20(32-4)13-22(17)28-25-27-16-23(33-25)19-12-18(14-26-15-19)21-6-5-9-30(24(21)31)11-10-29(2)3/h5-9,12-16H,10-11H2,1-4H3,(H,27,28). The third-order valence-electron chi connectivity index (χ3n) is 5.33. The second kappa shape index (κ2) is 9.70. The van der Waals surface area contributed by atoms with Crippen molar-refractivity contribution in [2.24, 2.45) is 0 Å². The van der Waals surface area contributed by atoms with Crippen LogP contribution in [0.5, 0.6) is 5.75 Å². The smallest absolute Gasteiger partial charge is 0.299 e. The van der Waals surface area contributed by atoms with E-state index in [0.29, 0.717) is 23.9 Å². The van der Waals surface area contributed by atoms with E-state index in [-0.39, 0.29) is 5.56 Å². The van der Waals surface area contributed by atoms with Crippen LogP contribution >= 0.6 is 0 Å². The van der Waals surface area contributed by atoms with Gasteiger partial charge in [-0.15, -0.1) is 0 Å². The number of hydrogen-bond donors (Lipinski definition) is 1. The lowest BCUT2D eigenvalue weighted by molar-refractivity contribution is 0.381. The number of hydrogen-bond acceptors (Lipinski definition) is 7. The quantitative estimate of drug-likeness (QED) is 0.435. The summed E-state index contributed by atoms with van der Waals surface area (Å²) in [6.45, 7) is 3.39. The van der Waals surface area contributed by atoms with Gasteiger partial charge in [0.1, 0.15) is 5.75 Å². The van der Waals surface area contributed by atoms with E-state index in [4.69, 9.17) is 9.15 Å². The normalized spacial score (nSPS) is 11.1. The van der Waals surface area contributed by atoms with Crippen molar-refractivity contribution in [2.45, 2.75) is 13.5 Å². The molecule has 8 nitrogen and oxygen atoms in total. The highest BCUT2D eigenvalue weighted by molar-refractivity contribution is 5.69. The summed E-state index contributed by atoms with van der Waals surface area (Å²) in [4.78, 5) is 23.7. The topological polar surface area (TPSA) is 85.4 Å². The summed E-state index contributed by atoms with van der Waals surface area (Å²) in [5.41, 5.74) is 3.89. The van der Waals surface area contributed by atoms with Gasteiger partial charge in [-0.3, -0.25) is 9.78 Å². The Morgan fingerprint density at radius 1 is 1.12 bits per heavy atom. The number of pyridine rings is 2. The zero-order valence-corrected chi connectivity index (χ0v) is 19.2. The second-order valence-electron chi connectivity index (χ2n) is 8.02. The van der Waals surface area contributed by atoms with Crippen LogP contribution in [-0.4, -0.2) is 47.2 Å². The summed E-state index contributed by atoms with van der Waals surface area (Å²) >= 11 is 0. The molecule has 4 rings (SSSR count). The SMILES string of the molecule is COc1ccc(C)c(Nc2ncc(-c3cncc(-c4cccn(CCN(C)C)c4=O)c3)o2)c1. The van der Waals surface area contributed by atoms with Gasteiger partial charge in [0.2, 0.25) is 0 Å². The van der Waals surface area contributed by atoms with Gasteiger partial charge in [0.15, 0.2) is 5.76 Å². The monoisotopic (exact) mass is 445 g/mol. The number of ether oxygens (including phenoxy) is 1. The summed E-state index contributed by atoms with van der Waals surface area (Å²) in [6, 6.07) is 11.7. The first-order valence-electron chi connectivity index (χ1n) is 10.6. The van der Waals surface area contributed by atoms with Crippen molar-refractivity contribution >= 4 is 11.7 Å². The third-order valence-corrected chi connectivity index (χ3v) is 5.33. The maximum Gasteiger partial charge on any atom is 0.299 e. The number of aromatic nitrogens is 3. The molecule has 0 fully saturated rings. The number of anilines is 2. The zero-order chi connectivity index (χ0) is 23.4. The van der Waals surface area contributed by atoms with Gasteiger partial charge in [-0.2, -0.15) is 0 Å². The number of aryl methyl sites for hydroxylation is 1. The third kappa shape index (κ3) is 5.12. The zero-order valence-electron chi connectivity index (χ0n) is 19.2. The minimum Gasteiger partial charge on any atom is -0.497 e. The van der Waals surface area contributed by atoms with E-state index >= 15 is 0 Å². The molecule has 33 heavy (non-hydrogen) atoms. The fourth-order valence-corrected chi connectivity index (χ4v) is 3.41. The Hall–Kier alpha value is -3.91. The van der Waals surface area contributed by atoms with E-state index in [1.54, 1.807) is 30.3 Å². The van der Waals surface area contributed by atoms with Crippen molar-refractivity contribution in [1.82, 2.24) is 19.4 Å². The number of benzene rings is 1. The lowest BCUT2D eigenvalue weighted by atomic mass is 10.1. The average Bonchev–Trinajstić information content (AvgIpc) is 3.28. The Morgan fingerprint density at radius 3 is 2.73 bits per heavy atom. The fraction of sp³-hybridized carbons (Fsp3) is 0.240. The van der Waals surface area contributed by atoms with E-state index in [0.717, 1.165) is 34.7 Å². The van der Waals surface area contributed by atoms with Crippen LogP contribution in [0, 0.1) is 6.92 Å². The summed E-state index contributed by atoms with van der Waals surface area (Å²) in [7, 11) is 5.60. The van der Waals surface area contributed by atoms with Crippen molar-refractivity contribution in [3.8, 4) is 28.2 Å². The minimum absolute atomic E-state index is 0.0493. The number of oxazole rings is 1. The molecule has 3 aromatic heterocycles. The average molecular weight is 446 g/mol. The van der Waals surface area contributed by atoms with Crippen LogP contribution in [0.25, 0.3) is 22.5 Å². The summed E-state index contributed by atoms with van der Waals surface area (Å²) < 4.78 is 12.9. The highest BCUT2D eigenvalue weighted by atomic mass is 16.5. The van der Waals surface area contributed by atoms with E-state index in [1.165, 1.54) is 0 Å². The fourth-order valence-electron chi connectivity index (χ4n) is 3.41. The molecule has 170 valence electrons. The summed E-state index contributed by atoms with van der Waals surface area (Å²) in [6.07, 6.45) is 6.82. The van der Waals surface area contributed by atoms with Crippen molar-refractivity contribution < 1.29 is 9.15 Å².